The quantitative estimate of drug-likeness (QED) is 0.747. The molecule has 0 spiro atoms. The maximum atomic E-state index is 11.7. The van der Waals surface area contributed by atoms with Crippen molar-refractivity contribution in [3.8, 4) is 0 Å². The first-order chi connectivity index (χ1) is 7.91. The van der Waals surface area contributed by atoms with E-state index < -0.39 is 9.84 Å². The molecule has 7 heteroatoms. The fourth-order valence-electron chi connectivity index (χ4n) is 1.56. The van der Waals surface area contributed by atoms with Crippen molar-refractivity contribution in [2.45, 2.75) is 38.1 Å². The van der Waals surface area contributed by atoms with E-state index in [1.807, 2.05) is 6.92 Å². The Morgan fingerprint density at radius 2 is 2.06 bits per heavy atom. The van der Waals surface area contributed by atoms with Gasteiger partial charge in [0.2, 0.25) is 0 Å². The smallest absolute Gasteiger partial charge is 0.182 e. The molecule has 0 amide bonds. The summed E-state index contributed by atoms with van der Waals surface area (Å²) in [4.78, 5) is 0.107. The highest BCUT2D eigenvalue weighted by atomic mass is 32.2. The number of aromatic nitrogens is 2. The largest absolute Gasteiger partial charge is 0.383 e. The summed E-state index contributed by atoms with van der Waals surface area (Å²) in [7, 11) is -3.36. The van der Waals surface area contributed by atoms with Crippen molar-refractivity contribution in [2.24, 2.45) is 0 Å². The molecule has 1 aromatic heterocycles. The van der Waals surface area contributed by atoms with Crippen LogP contribution in [-0.4, -0.2) is 31.0 Å². The van der Waals surface area contributed by atoms with Crippen LogP contribution in [0.1, 0.15) is 26.7 Å². The third-order valence-corrected chi connectivity index (χ3v) is 3.58. The average Bonchev–Trinajstić information content (AvgIpc) is 2.54. The molecule has 6 nitrogen and oxygen atoms in total. The molecule has 0 aliphatic heterocycles. The van der Waals surface area contributed by atoms with Crippen LogP contribution in [0.5, 0.6) is 0 Å². The van der Waals surface area contributed by atoms with Gasteiger partial charge >= 0.3 is 0 Å². The molecule has 17 heavy (non-hydrogen) atoms. The first-order valence-corrected chi connectivity index (χ1v) is 7.61. The van der Waals surface area contributed by atoms with Gasteiger partial charge in [-0.25, -0.2) is 13.1 Å². The highest BCUT2D eigenvalue weighted by Crippen LogP contribution is 2.26. The third kappa shape index (κ3) is 3.12. The van der Waals surface area contributed by atoms with Crippen molar-refractivity contribution >= 4 is 21.5 Å². The summed E-state index contributed by atoms with van der Waals surface area (Å²) >= 11 is 0. The van der Waals surface area contributed by atoms with Gasteiger partial charge in [-0.05, 0) is 13.3 Å². The van der Waals surface area contributed by atoms with Crippen LogP contribution in [0.15, 0.2) is 4.90 Å². The molecule has 0 aliphatic carbocycles. The molecule has 0 radical (unpaired) electrons. The molecular formula is C10H20N4O2S. The van der Waals surface area contributed by atoms with Gasteiger partial charge < -0.3 is 11.1 Å². The molecule has 1 rings (SSSR count). The van der Waals surface area contributed by atoms with Gasteiger partial charge in [-0.3, -0.25) is 0 Å². The van der Waals surface area contributed by atoms with E-state index in [9.17, 15) is 8.42 Å². The maximum Gasteiger partial charge on any atom is 0.182 e. The van der Waals surface area contributed by atoms with E-state index in [0.717, 1.165) is 19.1 Å². The molecule has 1 aromatic rings. The molecule has 0 unspecified atom stereocenters. The number of anilines is 2. The van der Waals surface area contributed by atoms with E-state index in [1.165, 1.54) is 4.68 Å². The highest BCUT2D eigenvalue weighted by Gasteiger charge is 2.23. The summed E-state index contributed by atoms with van der Waals surface area (Å²) in [6.45, 7) is 5.17. The second-order valence-electron chi connectivity index (χ2n) is 3.93. The predicted octanol–water partition coefficient (Wildman–Crippen LogP) is 1.10. The van der Waals surface area contributed by atoms with Gasteiger partial charge in [-0.1, -0.05) is 13.3 Å². The lowest BCUT2D eigenvalue weighted by Gasteiger charge is -2.03. The minimum Gasteiger partial charge on any atom is -0.383 e. The van der Waals surface area contributed by atoms with E-state index in [0.29, 0.717) is 18.9 Å². The molecule has 3 N–H and O–H groups in total. The van der Waals surface area contributed by atoms with Crippen molar-refractivity contribution in [2.75, 3.05) is 23.9 Å². The number of sulfone groups is 1. The zero-order chi connectivity index (χ0) is 13.1. The first-order valence-electron chi connectivity index (χ1n) is 5.72. The SMILES string of the molecule is CCCCNc1nn(CC)c(N)c1S(C)(=O)=O. The number of nitrogens with two attached hydrogens (primary N) is 1. The summed E-state index contributed by atoms with van der Waals surface area (Å²) in [6.07, 6.45) is 3.14. The molecule has 0 bridgehead atoms. The van der Waals surface area contributed by atoms with Crippen LogP contribution in [0.25, 0.3) is 0 Å². The van der Waals surface area contributed by atoms with E-state index in [2.05, 4.69) is 17.3 Å². The number of aryl methyl sites for hydroxylation is 1. The lowest BCUT2D eigenvalue weighted by Crippen LogP contribution is -2.07. The molecule has 0 aromatic carbocycles. The summed E-state index contributed by atoms with van der Waals surface area (Å²) in [5, 5.41) is 7.19. The minimum atomic E-state index is -3.36. The molecule has 0 aliphatic rings. The van der Waals surface area contributed by atoms with Crippen LogP contribution < -0.4 is 11.1 Å². The average molecular weight is 260 g/mol. The number of rotatable bonds is 6. The normalized spacial score (nSPS) is 11.7. The Morgan fingerprint density at radius 1 is 1.41 bits per heavy atom. The van der Waals surface area contributed by atoms with Crippen LogP contribution in [-0.2, 0) is 16.4 Å². The number of nitrogens with one attached hydrogen (secondary N) is 1. The molecule has 0 saturated carbocycles. The predicted molar refractivity (Wildman–Crippen MR) is 68.8 cm³/mol. The van der Waals surface area contributed by atoms with E-state index in [4.69, 9.17) is 5.73 Å². The van der Waals surface area contributed by atoms with E-state index in [-0.39, 0.29) is 10.7 Å². The molecule has 0 atom stereocenters. The van der Waals surface area contributed by atoms with Crippen molar-refractivity contribution in [1.82, 2.24) is 9.78 Å². The Bertz CT molecular complexity index is 479. The molecule has 0 saturated heterocycles. The Morgan fingerprint density at radius 3 is 2.53 bits per heavy atom. The summed E-state index contributed by atoms with van der Waals surface area (Å²) < 4.78 is 24.8. The maximum absolute atomic E-state index is 11.7. The Labute approximate surface area is 102 Å². The van der Waals surface area contributed by atoms with Gasteiger partial charge in [0, 0.05) is 19.3 Å². The number of nitrogen functional groups attached to an aromatic ring is 1. The van der Waals surface area contributed by atoms with Gasteiger partial charge in [0.25, 0.3) is 0 Å². The highest BCUT2D eigenvalue weighted by molar-refractivity contribution is 7.91. The standard InChI is InChI=1S/C10H20N4O2S/c1-4-6-7-12-10-8(17(3,15)16)9(11)14(5-2)13-10/h4-7,11H2,1-3H3,(H,12,13). The van der Waals surface area contributed by atoms with Crippen molar-refractivity contribution < 1.29 is 8.42 Å². The van der Waals surface area contributed by atoms with Gasteiger partial charge in [-0.15, -0.1) is 0 Å². The van der Waals surface area contributed by atoms with Crippen molar-refractivity contribution in [3.63, 3.8) is 0 Å². The van der Waals surface area contributed by atoms with Crippen LogP contribution in [0.4, 0.5) is 11.6 Å². The lowest BCUT2D eigenvalue weighted by atomic mass is 10.3. The van der Waals surface area contributed by atoms with Gasteiger partial charge in [0.15, 0.2) is 20.6 Å². The summed E-state index contributed by atoms with van der Waals surface area (Å²) in [5.41, 5.74) is 5.79. The second kappa shape index (κ2) is 5.39. The van der Waals surface area contributed by atoms with Gasteiger partial charge in [0.1, 0.15) is 5.82 Å². The Hall–Kier alpha value is -1.24. The Kier molecular flexibility index (Phi) is 4.39. The lowest BCUT2D eigenvalue weighted by molar-refractivity contribution is 0.602. The number of hydrogen-bond acceptors (Lipinski definition) is 5. The summed E-state index contributed by atoms with van der Waals surface area (Å²) in [6, 6.07) is 0. The minimum absolute atomic E-state index is 0.107. The fourth-order valence-corrected chi connectivity index (χ4v) is 2.51. The van der Waals surface area contributed by atoms with Crippen LogP contribution in [0, 0.1) is 0 Å². The van der Waals surface area contributed by atoms with Crippen LogP contribution >= 0.6 is 0 Å². The summed E-state index contributed by atoms with van der Waals surface area (Å²) in [5.74, 6) is 0.564. The zero-order valence-electron chi connectivity index (χ0n) is 10.5. The van der Waals surface area contributed by atoms with Crippen LogP contribution in [0.3, 0.4) is 0 Å². The van der Waals surface area contributed by atoms with Crippen molar-refractivity contribution in [3.05, 3.63) is 0 Å². The van der Waals surface area contributed by atoms with Crippen LogP contribution in [0.2, 0.25) is 0 Å². The molecular weight excluding hydrogens is 240 g/mol. The molecule has 1 heterocycles. The van der Waals surface area contributed by atoms with E-state index >= 15 is 0 Å². The second-order valence-corrected chi connectivity index (χ2v) is 5.88. The fraction of sp³-hybridized carbons (Fsp3) is 0.700. The van der Waals surface area contributed by atoms with Crippen molar-refractivity contribution in [1.29, 1.82) is 0 Å². The van der Waals surface area contributed by atoms with Gasteiger partial charge in [-0.2, -0.15) is 5.10 Å². The number of unbranched alkanes of at least 4 members (excludes halogenated alkanes) is 1. The molecule has 98 valence electrons. The number of nitrogens with zero attached hydrogens (tertiary/aromatic N) is 2. The third-order valence-electron chi connectivity index (χ3n) is 2.44. The monoisotopic (exact) mass is 260 g/mol. The van der Waals surface area contributed by atoms with E-state index in [1.54, 1.807) is 0 Å². The molecule has 0 fully saturated rings. The number of hydrogen-bond donors (Lipinski definition) is 2. The first kappa shape index (κ1) is 13.8. The van der Waals surface area contributed by atoms with Gasteiger partial charge in [0.05, 0.1) is 0 Å². The Balaban J connectivity index is 3.11. The zero-order valence-corrected chi connectivity index (χ0v) is 11.3. The topological polar surface area (TPSA) is 90.0 Å².